The summed E-state index contributed by atoms with van der Waals surface area (Å²) < 4.78 is 31.4. The van der Waals surface area contributed by atoms with Crippen LogP contribution in [-0.4, -0.2) is 15.9 Å². The maximum atomic E-state index is 13.0. The van der Waals surface area contributed by atoms with E-state index >= 15 is 0 Å². The number of carbonyl (C=O) groups excluding carboxylic acids is 1. The molecule has 0 saturated heterocycles. The summed E-state index contributed by atoms with van der Waals surface area (Å²) in [6, 6.07) is 18.7. The second-order valence-electron chi connectivity index (χ2n) is 6.70. The van der Waals surface area contributed by atoms with Crippen LogP contribution in [0.5, 0.6) is 11.8 Å². The van der Waals surface area contributed by atoms with Gasteiger partial charge in [-0.2, -0.15) is 0 Å². The average molecular weight is 417 g/mol. The highest BCUT2D eigenvalue weighted by Gasteiger charge is 2.08. The van der Waals surface area contributed by atoms with Gasteiger partial charge >= 0.3 is 6.01 Å². The molecule has 3 aromatic carbocycles. The lowest BCUT2D eigenvalue weighted by Gasteiger charge is -2.07. The first-order valence-corrected chi connectivity index (χ1v) is 9.45. The number of nitrogens with one attached hydrogen (secondary N) is 1. The summed E-state index contributed by atoms with van der Waals surface area (Å²) in [5.74, 6) is -0.457. The first-order valence-electron chi connectivity index (χ1n) is 9.45. The number of ether oxygens (including phenoxy) is 1. The maximum Gasteiger partial charge on any atom is 0.321 e. The highest BCUT2D eigenvalue weighted by atomic mass is 19.1. The average Bonchev–Trinajstić information content (AvgIpc) is 2.81. The van der Waals surface area contributed by atoms with Gasteiger partial charge in [0.15, 0.2) is 0 Å². The van der Waals surface area contributed by atoms with Crippen LogP contribution < -0.4 is 10.1 Å². The molecule has 1 aromatic heterocycles. The smallest absolute Gasteiger partial charge is 0.321 e. The molecule has 0 spiro atoms. The van der Waals surface area contributed by atoms with Crippen LogP contribution in [0.2, 0.25) is 0 Å². The molecule has 0 aliphatic heterocycles. The molecule has 0 aliphatic carbocycles. The van der Waals surface area contributed by atoms with Gasteiger partial charge in [0.1, 0.15) is 17.4 Å². The van der Waals surface area contributed by atoms with E-state index in [-0.39, 0.29) is 23.6 Å². The molecule has 0 bridgehead atoms. The summed E-state index contributed by atoms with van der Waals surface area (Å²) in [6.07, 6.45) is 3.21. The quantitative estimate of drug-likeness (QED) is 0.472. The summed E-state index contributed by atoms with van der Waals surface area (Å²) >= 11 is 0. The van der Waals surface area contributed by atoms with Crippen LogP contribution >= 0.6 is 0 Å². The predicted octanol–water partition coefficient (Wildman–Crippen LogP) is 5.14. The van der Waals surface area contributed by atoms with Crippen molar-refractivity contribution in [1.82, 2.24) is 15.3 Å². The van der Waals surface area contributed by atoms with E-state index in [9.17, 15) is 13.6 Å². The van der Waals surface area contributed by atoms with Crippen molar-refractivity contribution < 1.29 is 18.3 Å². The van der Waals surface area contributed by atoms with Crippen molar-refractivity contribution in [2.75, 3.05) is 0 Å². The number of rotatable bonds is 6. The Morgan fingerprint density at radius 1 is 0.774 bits per heavy atom. The predicted molar refractivity (Wildman–Crippen MR) is 112 cm³/mol. The SMILES string of the molecule is O=C(NCc1ccc(F)cc1)c1ccc(-c2cnc(Oc3ccc(F)cc3)nc2)cc1. The monoisotopic (exact) mass is 417 g/mol. The number of nitrogens with zero attached hydrogens (tertiary/aromatic N) is 2. The summed E-state index contributed by atoms with van der Waals surface area (Å²) in [4.78, 5) is 20.7. The van der Waals surface area contributed by atoms with Gasteiger partial charge in [-0.1, -0.05) is 24.3 Å². The molecular formula is C24H17F2N3O2. The van der Waals surface area contributed by atoms with Gasteiger partial charge in [-0.25, -0.2) is 18.7 Å². The summed E-state index contributed by atoms with van der Waals surface area (Å²) in [5.41, 5.74) is 2.91. The molecule has 31 heavy (non-hydrogen) atoms. The highest BCUT2D eigenvalue weighted by Crippen LogP contribution is 2.22. The Hall–Kier alpha value is -4.13. The molecule has 1 amide bonds. The van der Waals surface area contributed by atoms with Crippen molar-refractivity contribution >= 4 is 5.91 Å². The topological polar surface area (TPSA) is 64.1 Å². The summed E-state index contributed by atoms with van der Waals surface area (Å²) in [7, 11) is 0. The van der Waals surface area contributed by atoms with E-state index in [1.807, 2.05) is 0 Å². The number of aromatic nitrogens is 2. The van der Waals surface area contributed by atoms with Gasteiger partial charge in [0, 0.05) is 30.1 Å². The van der Waals surface area contributed by atoms with Gasteiger partial charge in [-0.15, -0.1) is 0 Å². The second kappa shape index (κ2) is 9.13. The van der Waals surface area contributed by atoms with Crippen molar-refractivity contribution in [3.63, 3.8) is 0 Å². The van der Waals surface area contributed by atoms with Crippen LogP contribution in [0, 0.1) is 11.6 Å². The Bertz CT molecular complexity index is 1160. The van der Waals surface area contributed by atoms with Gasteiger partial charge in [0.25, 0.3) is 5.91 Å². The fourth-order valence-corrected chi connectivity index (χ4v) is 2.83. The first kappa shape index (κ1) is 20.2. The second-order valence-corrected chi connectivity index (χ2v) is 6.70. The molecule has 0 radical (unpaired) electrons. The largest absolute Gasteiger partial charge is 0.424 e. The molecule has 7 heteroatoms. The van der Waals surface area contributed by atoms with Crippen LogP contribution in [0.15, 0.2) is 85.2 Å². The molecule has 0 atom stereocenters. The van der Waals surface area contributed by atoms with E-state index in [4.69, 9.17) is 4.74 Å². The number of hydrogen-bond donors (Lipinski definition) is 1. The molecule has 1 heterocycles. The fourth-order valence-electron chi connectivity index (χ4n) is 2.83. The molecule has 0 saturated carbocycles. The minimum Gasteiger partial charge on any atom is -0.424 e. The molecule has 4 rings (SSSR count). The Labute approximate surface area is 177 Å². The lowest BCUT2D eigenvalue weighted by molar-refractivity contribution is 0.0951. The number of carbonyl (C=O) groups is 1. The van der Waals surface area contributed by atoms with Crippen molar-refractivity contribution in [2.45, 2.75) is 6.54 Å². The van der Waals surface area contributed by atoms with Crippen molar-refractivity contribution in [2.24, 2.45) is 0 Å². The Morgan fingerprint density at radius 2 is 1.35 bits per heavy atom. The Morgan fingerprint density at radius 3 is 1.97 bits per heavy atom. The van der Waals surface area contributed by atoms with Crippen molar-refractivity contribution in [1.29, 1.82) is 0 Å². The lowest BCUT2D eigenvalue weighted by atomic mass is 10.1. The normalized spacial score (nSPS) is 10.5. The molecular weight excluding hydrogens is 400 g/mol. The third-order valence-corrected chi connectivity index (χ3v) is 4.50. The number of amides is 1. The zero-order valence-electron chi connectivity index (χ0n) is 16.3. The molecule has 1 N–H and O–H groups in total. The van der Waals surface area contributed by atoms with E-state index in [0.29, 0.717) is 17.9 Å². The van der Waals surface area contributed by atoms with Crippen LogP contribution in [0.25, 0.3) is 11.1 Å². The van der Waals surface area contributed by atoms with Crippen molar-refractivity contribution in [3.05, 3.63) is 108 Å². The molecule has 154 valence electrons. The van der Waals surface area contributed by atoms with E-state index < -0.39 is 0 Å². The van der Waals surface area contributed by atoms with Gasteiger partial charge in [-0.3, -0.25) is 4.79 Å². The van der Waals surface area contributed by atoms with E-state index in [0.717, 1.165) is 16.7 Å². The summed E-state index contributed by atoms with van der Waals surface area (Å²) in [6.45, 7) is 0.310. The molecule has 0 fully saturated rings. The molecule has 4 aromatic rings. The van der Waals surface area contributed by atoms with Crippen LogP contribution in [0.4, 0.5) is 8.78 Å². The third-order valence-electron chi connectivity index (χ3n) is 4.50. The number of halogens is 2. The molecule has 0 unspecified atom stereocenters. The minimum atomic E-state index is -0.351. The lowest BCUT2D eigenvalue weighted by Crippen LogP contribution is -2.22. The molecule has 0 aliphatic rings. The van der Waals surface area contributed by atoms with E-state index in [1.165, 1.54) is 36.4 Å². The van der Waals surface area contributed by atoms with Crippen LogP contribution in [0.1, 0.15) is 15.9 Å². The third kappa shape index (κ3) is 5.27. The Kier molecular flexibility index (Phi) is 5.93. The maximum absolute atomic E-state index is 13.0. The zero-order valence-corrected chi connectivity index (χ0v) is 16.3. The first-order chi connectivity index (χ1) is 15.1. The minimum absolute atomic E-state index is 0.146. The summed E-state index contributed by atoms with van der Waals surface area (Å²) in [5, 5.41) is 2.80. The number of benzene rings is 3. The van der Waals surface area contributed by atoms with Crippen LogP contribution in [0.3, 0.4) is 0 Å². The molecule has 5 nitrogen and oxygen atoms in total. The standard InChI is InChI=1S/C24H17F2N3O2/c25-20-7-1-16(2-8-20)13-27-23(30)18-5-3-17(4-6-18)19-14-28-24(29-15-19)31-22-11-9-21(26)10-12-22/h1-12,14-15H,13H2,(H,27,30). The van der Waals surface area contributed by atoms with Crippen molar-refractivity contribution in [3.8, 4) is 22.9 Å². The van der Waals surface area contributed by atoms with E-state index in [1.54, 1.807) is 48.8 Å². The Balaban J connectivity index is 1.37. The van der Waals surface area contributed by atoms with Gasteiger partial charge in [0.2, 0.25) is 0 Å². The number of hydrogen-bond acceptors (Lipinski definition) is 4. The van der Waals surface area contributed by atoms with Gasteiger partial charge in [-0.05, 0) is 59.7 Å². The highest BCUT2D eigenvalue weighted by molar-refractivity contribution is 5.94. The fraction of sp³-hybridized carbons (Fsp3) is 0.0417. The van der Waals surface area contributed by atoms with E-state index in [2.05, 4.69) is 15.3 Å². The van der Waals surface area contributed by atoms with Gasteiger partial charge in [0.05, 0.1) is 0 Å². The van der Waals surface area contributed by atoms with Crippen LogP contribution in [-0.2, 0) is 6.54 Å². The zero-order chi connectivity index (χ0) is 21.6. The van der Waals surface area contributed by atoms with Gasteiger partial charge < -0.3 is 10.1 Å².